The Morgan fingerprint density at radius 3 is 1.59 bits per heavy atom. The van der Waals surface area contributed by atoms with E-state index >= 15 is 0 Å². The van der Waals surface area contributed by atoms with Crippen molar-refractivity contribution in [1.29, 1.82) is 0 Å². The second kappa shape index (κ2) is 7.87. The van der Waals surface area contributed by atoms with E-state index in [2.05, 4.69) is 0 Å². The van der Waals surface area contributed by atoms with Crippen LogP contribution in [0.3, 0.4) is 0 Å². The van der Waals surface area contributed by atoms with E-state index in [0.717, 1.165) is 0 Å². The summed E-state index contributed by atoms with van der Waals surface area (Å²) in [4.78, 5) is 40.4. The maximum absolute atomic E-state index is 11.3. The molecule has 22 heavy (non-hydrogen) atoms. The smallest absolute Gasteiger partial charge is 0.808 e. The number of hydrogen-bond donors (Lipinski definition) is 3. The zero-order valence-corrected chi connectivity index (χ0v) is 19.9. The van der Waals surface area contributed by atoms with E-state index in [4.69, 9.17) is 9.79 Å². The van der Waals surface area contributed by atoms with E-state index in [1.54, 1.807) is 0 Å². The van der Waals surface area contributed by atoms with Crippen LogP contribution < -0.4 is 68.9 Å². The molecule has 120 valence electrons. The van der Waals surface area contributed by atoms with E-state index in [1.165, 1.54) is 0 Å². The van der Waals surface area contributed by atoms with Crippen molar-refractivity contribution in [3.8, 4) is 0 Å². The van der Waals surface area contributed by atoms with Crippen molar-refractivity contribution < 1.29 is 92.9 Å². The van der Waals surface area contributed by atoms with E-state index in [1.807, 2.05) is 27.7 Å². The van der Waals surface area contributed by atoms with Crippen molar-refractivity contribution in [2.75, 3.05) is 0 Å². The van der Waals surface area contributed by atoms with E-state index < -0.39 is 32.6 Å². The van der Waals surface area contributed by atoms with Crippen LogP contribution >= 0.6 is 15.2 Å². The van der Waals surface area contributed by atoms with Gasteiger partial charge >= 0.3 is 66.7 Å². The Balaban J connectivity index is 0. The minimum absolute atomic E-state index is 0. The average Bonchev–Trinajstić information content (AvgIpc) is 2.30. The van der Waals surface area contributed by atoms with E-state index in [-0.39, 0.29) is 69.9 Å². The first kappa shape index (κ1) is 26.5. The maximum atomic E-state index is 11.3. The van der Waals surface area contributed by atoms with Crippen molar-refractivity contribution in [3.63, 3.8) is 0 Å². The molecule has 0 radical (unpaired) electrons. The fraction of sp³-hybridized carbons (Fsp3) is 1.00. The van der Waals surface area contributed by atoms with Gasteiger partial charge in [-0.2, -0.15) is 0 Å². The largest absolute Gasteiger partial charge is 1.00 e. The molecule has 1 rings (SSSR count). The second-order valence-electron chi connectivity index (χ2n) is 7.06. The minimum atomic E-state index is -5.85. The standard InChI is InChI=1S/C11H24O7P2.2Na/c1-9(2)5-8(6-10(9,3)4)7-11(12,19(13,14)15)20(16,17)18;;/h8,12H,5-7H2,1-4H3,(H2,13,14,15)(H2,16,17,18);;/q;2*+1/p-2. The van der Waals surface area contributed by atoms with Gasteiger partial charge in [-0.05, 0) is 43.6 Å². The first-order valence-corrected chi connectivity index (χ1v) is 9.49. The Bertz CT molecular complexity index is 445. The number of rotatable bonds is 4. The van der Waals surface area contributed by atoms with Crippen LogP contribution in [0.15, 0.2) is 0 Å². The monoisotopic (exact) mass is 374 g/mol. The summed E-state index contributed by atoms with van der Waals surface area (Å²) < 4.78 is 22.4. The molecule has 0 spiro atoms. The first-order chi connectivity index (χ1) is 8.54. The summed E-state index contributed by atoms with van der Waals surface area (Å²) in [5.74, 6) is -0.436. The van der Waals surface area contributed by atoms with Crippen LogP contribution in [-0.2, 0) is 9.13 Å². The van der Waals surface area contributed by atoms with Crippen molar-refractivity contribution in [1.82, 2.24) is 0 Å². The second-order valence-corrected chi connectivity index (χ2v) is 11.0. The molecule has 7 nitrogen and oxygen atoms in total. The molecule has 0 aromatic heterocycles. The van der Waals surface area contributed by atoms with E-state index in [0.29, 0.717) is 12.8 Å². The molecule has 1 saturated carbocycles. The molecule has 0 aromatic rings. The molecule has 0 aliphatic heterocycles. The van der Waals surface area contributed by atoms with E-state index in [9.17, 15) is 24.0 Å². The van der Waals surface area contributed by atoms with Gasteiger partial charge < -0.3 is 29.2 Å². The van der Waals surface area contributed by atoms with Gasteiger partial charge in [-0.3, -0.25) is 4.57 Å². The summed E-state index contributed by atoms with van der Waals surface area (Å²) in [5, 5.41) is 6.32. The van der Waals surface area contributed by atoms with Gasteiger partial charge in [0.15, 0.2) is 5.08 Å². The molecule has 1 aliphatic carbocycles. The molecule has 0 amide bonds. The van der Waals surface area contributed by atoms with Gasteiger partial charge in [0.2, 0.25) is 0 Å². The summed E-state index contributed by atoms with van der Waals surface area (Å²) in [5.41, 5.74) is -0.355. The fourth-order valence-electron chi connectivity index (χ4n) is 2.99. The molecule has 0 heterocycles. The molecular formula is C11H22Na2O7P2. The van der Waals surface area contributed by atoms with Crippen molar-refractivity contribution in [3.05, 3.63) is 0 Å². The molecule has 1 fully saturated rings. The SMILES string of the molecule is CC1(C)CC(CC(O)(P(=O)([O-])[O-])P(=O)(O)O)CC1(C)C.[Na+].[Na+]. The van der Waals surface area contributed by atoms with Crippen molar-refractivity contribution in [2.24, 2.45) is 16.7 Å². The van der Waals surface area contributed by atoms with Crippen LogP contribution in [0, 0.1) is 16.7 Å². The summed E-state index contributed by atoms with van der Waals surface area (Å²) >= 11 is 0. The molecule has 11 heteroatoms. The third-order valence-corrected chi connectivity index (χ3v) is 8.59. The van der Waals surface area contributed by atoms with Gasteiger partial charge in [0.1, 0.15) is 0 Å². The zero-order valence-electron chi connectivity index (χ0n) is 14.1. The number of aliphatic hydroxyl groups is 1. The van der Waals surface area contributed by atoms with Crippen LogP contribution in [0.1, 0.15) is 47.0 Å². The molecule has 0 aromatic carbocycles. The van der Waals surface area contributed by atoms with Gasteiger partial charge in [-0.1, -0.05) is 27.7 Å². The third kappa shape index (κ3) is 5.14. The molecule has 1 unspecified atom stereocenters. The molecular weight excluding hydrogens is 352 g/mol. The van der Waals surface area contributed by atoms with Gasteiger partial charge in [0.25, 0.3) is 0 Å². The third-order valence-electron chi connectivity index (χ3n) is 4.90. The predicted molar refractivity (Wildman–Crippen MR) is 69.5 cm³/mol. The van der Waals surface area contributed by atoms with Gasteiger partial charge in [-0.15, -0.1) is 0 Å². The maximum Gasteiger partial charge on any atom is 1.00 e. The Hall–Kier alpha value is 2.26. The topological polar surface area (TPSA) is 141 Å². The average molecular weight is 374 g/mol. The summed E-state index contributed by atoms with van der Waals surface area (Å²) in [6, 6.07) is 0. The summed E-state index contributed by atoms with van der Waals surface area (Å²) in [6.07, 6.45) is 0.249. The Morgan fingerprint density at radius 1 is 1.05 bits per heavy atom. The van der Waals surface area contributed by atoms with Crippen LogP contribution in [0.2, 0.25) is 0 Å². The Labute approximate surface area is 175 Å². The normalized spacial score (nSPS) is 24.0. The quantitative estimate of drug-likeness (QED) is 0.329. The molecule has 1 atom stereocenters. The van der Waals surface area contributed by atoms with Crippen molar-refractivity contribution in [2.45, 2.75) is 52.0 Å². The van der Waals surface area contributed by atoms with Crippen LogP contribution in [0.25, 0.3) is 0 Å². The van der Waals surface area contributed by atoms with Gasteiger partial charge in [-0.25, -0.2) is 0 Å². The first-order valence-electron chi connectivity index (χ1n) is 6.34. The van der Waals surface area contributed by atoms with Crippen molar-refractivity contribution >= 4 is 15.2 Å². The van der Waals surface area contributed by atoms with Crippen LogP contribution in [0.4, 0.5) is 0 Å². The van der Waals surface area contributed by atoms with Gasteiger partial charge in [0.05, 0.1) is 0 Å². The Morgan fingerprint density at radius 2 is 1.36 bits per heavy atom. The van der Waals surface area contributed by atoms with Crippen LogP contribution in [0.5, 0.6) is 0 Å². The molecule has 0 bridgehead atoms. The zero-order chi connectivity index (χ0) is 16.2. The van der Waals surface area contributed by atoms with Gasteiger partial charge in [0, 0.05) is 0 Å². The fourth-order valence-corrected chi connectivity index (χ4v) is 5.24. The summed E-state index contributed by atoms with van der Waals surface area (Å²) in [7, 11) is -11.3. The molecule has 3 N–H and O–H groups in total. The number of hydrogen-bond acceptors (Lipinski definition) is 5. The molecule has 0 saturated heterocycles. The Kier molecular flexibility index (Phi) is 9.48. The predicted octanol–water partition coefficient (Wildman–Crippen LogP) is -5.42. The minimum Gasteiger partial charge on any atom is -0.808 e. The van der Waals surface area contributed by atoms with Crippen LogP contribution in [-0.4, -0.2) is 20.0 Å². The molecule has 1 aliphatic rings. The summed E-state index contributed by atoms with van der Waals surface area (Å²) in [6.45, 7) is 7.88.